The maximum absolute atomic E-state index is 12.0. The van der Waals surface area contributed by atoms with Gasteiger partial charge in [-0.2, -0.15) is 0 Å². The van der Waals surface area contributed by atoms with Crippen molar-refractivity contribution in [3.05, 3.63) is 143 Å². The summed E-state index contributed by atoms with van der Waals surface area (Å²) < 4.78 is 29.9. The number of benzene rings is 4. The molecule has 0 radical (unpaired) electrons. The molecular formula is C35H38O10. The largest absolute Gasteiger partial charge is 0.478 e. The minimum Gasteiger partial charge on any atom is -0.478 e. The fourth-order valence-electron chi connectivity index (χ4n) is 4.19. The number of carbonyl (C=O) groups is 3. The van der Waals surface area contributed by atoms with Gasteiger partial charge in [0.05, 0.1) is 18.2 Å². The fourth-order valence-corrected chi connectivity index (χ4v) is 4.19. The lowest BCUT2D eigenvalue weighted by atomic mass is 9.95. The number of hydrogen-bond donors (Lipinski definition) is 1. The average molecular weight is 619 g/mol. The zero-order valence-corrected chi connectivity index (χ0v) is 26.1. The van der Waals surface area contributed by atoms with Gasteiger partial charge in [0.15, 0.2) is 5.78 Å². The van der Waals surface area contributed by atoms with Crippen molar-refractivity contribution in [3.8, 4) is 0 Å². The van der Waals surface area contributed by atoms with E-state index in [1.807, 2.05) is 42.5 Å². The summed E-state index contributed by atoms with van der Waals surface area (Å²) in [6.07, 6.45) is 0. The van der Waals surface area contributed by atoms with E-state index >= 15 is 0 Å². The molecule has 0 saturated carbocycles. The highest BCUT2D eigenvalue weighted by atomic mass is 16.8. The van der Waals surface area contributed by atoms with E-state index in [4.69, 9.17) is 19.3 Å². The first-order valence-corrected chi connectivity index (χ1v) is 13.6. The Morgan fingerprint density at radius 3 is 1.51 bits per heavy atom. The lowest BCUT2D eigenvalue weighted by Crippen LogP contribution is -2.32. The first-order valence-electron chi connectivity index (χ1n) is 13.6. The molecule has 10 nitrogen and oxygen atoms in total. The van der Waals surface area contributed by atoms with E-state index in [1.165, 1.54) is 40.6 Å². The normalized spacial score (nSPS) is 10.6. The Morgan fingerprint density at radius 2 is 1.02 bits per heavy atom. The van der Waals surface area contributed by atoms with Gasteiger partial charge in [-0.25, -0.2) is 9.59 Å². The topological polar surface area (TPSA) is 127 Å². The summed E-state index contributed by atoms with van der Waals surface area (Å²) in [5.74, 6) is -2.67. The van der Waals surface area contributed by atoms with Crippen molar-refractivity contribution in [3.63, 3.8) is 0 Å². The molecule has 0 fully saturated rings. The minimum absolute atomic E-state index is 0.117. The van der Waals surface area contributed by atoms with Crippen LogP contribution >= 0.6 is 0 Å². The zero-order chi connectivity index (χ0) is 33.2. The van der Waals surface area contributed by atoms with Crippen molar-refractivity contribution in [1.82, 2.24) is 0 Å². The molecule has 0 saturated heterocycles. The van der Waals surface area contributed by atoms with E-state index in [-0.39, 0.29) is 11.3 Å². The number of esters is 1. The van der Waals surface area contributed by atoms with Crippen molar-refractivity contribution < 1.29 is 47.9 Å². The maximum Gasteiger partial charge on any atom is 0.337 e. The van der Waals surface area contributed by atoms with Gasteiger partial charge in [0.25, 0.3) is 6.48 Å². The van der Waals surface area contributed by atoms with Gasteiger partial charge in [-0.05, 0) is 24.3 Å². The molecule has 0 amide bonds. The van der Waals surface area contributed by atoms with Crippen molar-refractivity contribution in [2.24, 2.45) is 0 Å². The highest BCUT2D eigenvalue weighted by Crippen LogP contribution is 2.34. The van der Waals surface area contributed by atoms with Gasteiger partial charge in [-0.1, -0.05) is 84.9 Å². The monoisotopic (exact) mass is 618 g/mol. The van der Waals surface area contributed by atoms with Crippen LogP contribution in [0.5, 0.6) is 0 Å². The minimum atomic E-state index is -1.06. The van der Waals surface area contributed by atoms with Crippen LogP contribution in [0, 0.1) is 0 Å². The summed E-state index contributed by atoms with van der Waals surface area (Å²) in [6, 6.07) is 31.4. The molecule has 1 N–H and O–H groups in total. The van der Waals surface area contributed by atoms with Gasteiger partial charge < -0.3 is 33.5 Å². The maximum atomic E-state index is 12.0. The smallest absolute Gasteiger partial charge is 0.337 e. The second-order valence-electron chi connectivity index (χ2n) is 9.04. The highest BCUT2D eigenvalue weighted by Gasteiger charge is 2.35. The Morgan fingerprint density at radius 1 is 0.556 bits per heavy atom. The zero-order valence-electron chi connectivity index (χ0n) is 26.1. The van der Waals surface area contributed by atoms with Gasteiger partial charge in [-0.3, -0.25) is 4.79 Å². The Balaban J connectivity index is 0.000000263. The summed E-state index contributed by atoms with van der Waals surface area (Å²) in [5.41, 5.74) is 3.07. The third-order valence-corrected chi connectivity index (χ3v) is 6.38. The van der Waals surface area contributed by atoms with Crippen molar-refractivity contribution in [1.29, 1.82) is 0 Å². The quantitative estimate of drug-likeness (QED) is 0.125. The van der Waals surface area contributed by atoms with E-state index in [1.54, 1.807) is 68.8 Å². The Labute approximate surface area is 263 Å². The number of ketones is 1. The highest BCUT2D eigenvalue weighted by molar-refractivity contribution is 6.09. The van der Waals surface area contributed by atoms with E-state index < -0.39 is 24.2 Å². The molecule has 0 aromatic heterocycles. The molecule has 0 heterocycles. The molecule has 4 rings (SSSR count). The van der Waals surface area contributed by atoms with Crippen LogP contribution in [0.2, 0.25) is 0 Å². The predicted octanol–water partition coefficient (Wildman–Crippen LogP) is 5.79. The second-order valence-corrected chi connectivity index (χ2v) is 9.04. The molecule has 0 atom stereocenters. The molecular weight excluding hydrogens is 580 g/mol. The summed E-state index contributed by atoms with van der Waals surface area (Å²) in [6.45, 7) is -0.514. The molecule has 0 spiro atoms. The first-order chi connectivity index (χ1) is 21.7. The number of carboxylic acid groups (broad SMARTS) is 1. The number of methoxy groups -OCH3 is 6. The second kappa shape index (κ2) is 18.8. The van der Waals surface area contributed by atoms with Crippen LogP contribution in [-0.2, 0) is 34.2 Å². The van der Waals surface area contributed by atoms with Crippen molar-refractivity contribution in [2.75, 3.05) is 42.7 Å². The third kappa shape index (κ3) is 10.2. The van der Waals surface area contributed by atoms with Gasteiger partial charge in [0, 0.05) is 57.8 Å². The van der Waals surface area contributed by atoms with E-state index in [9.17, 15) is 14.4 Å². The number of ether oxygens (including phenoxy) is 6. The van der Waals surface area contributed by atoms with Crippen LogP contribution in [0.3, 0.4) is 0 Å². The van der Waals surface area contributed by atoms with Crippen LogP contribution in [-0.4, -0.2) is 72.0 Å². The SMILES string of the molecule is COC(=O)c1cccc(C(OC)(OC)c2ccccc2)c1.COC(OC)OC.O=C(O)c1cccc(C(=O)c2ccccc2)c1. The Hall–Kier alpha value is -4.71. The number of hydrogen-bond acceptors (Lipinski definition) is 9. The lowest BCUT2D eigenvalue weighted by Gasteiger charge is -2.32. The summed E-state index contributed by atoms with van der Waals surface area (Å²) >= 11 is 0. The number of rotatable bonds is 11. The summed E-state index contributed by atoms with van der Waals surface area (Å²) in [4.78, 5) is 34.5. The van der Waals surface area contributed by atoms with Gasteiger partial charge in [0.2, 0.25) is 5.79 Å². The molecule has 4 aromatic carbocycles. The van der Waals surface area contributed by atoms with Gasteiger partial charge in [-0.15, -0.1) is 0 Å². The van der Waals surface area contributed by atoms with Crippen molar-refractivity contribution >= 4 is 17.7 Å². The van der Waals surface area contributed by atoms with Crippen LogP contribution in [0.1, 0.15) is 47.8 Å². The number of aromatic carboxylic acids is 1. The molecule has 0 unspecified atom stereocenters. The predicted molar refractivity (Wildman–Crippen MR) is 167 cm³/mol. The van der Waals surface area contributed by atoms with Crippen LogP contribution in [0.25, 0.3) is 0 Å². The number of carboxylic acids is 1. The van der Waals surface area contributed by atoms with Crippen LogP contribution in [0.4, 0.5) is 0 Å². The van der Waals surface area contributed by atoms with E-state index in [2.05, 4.69) is 14.2 Å². The van der Waals surface area contributed by atoms with Crippen LogP contribution < -0.4 is 0 Å². The standard InChI is InChI=1S/C17H18O4.C14H10O3.C4H10O3/c1-19-16(18)13-8-7-11-15(12-13)17(20-2,21-3)14-9-5-4-6-10-14;15-13(10-5-2-1-3-6-10)11-7-4-8-12(9-11)14(16)17;1-5-4(6-2)7-3/h4-12H,1-3H3;1-9H,(H,16,17);4H,1-3H3. The molecule has 0 aliphatic carbocycles. The van der Waals surface area contributed by atoms with Crippen molar-refractivity contribution in [2.45, 2.75) is 12.3 Å². The molecule has 45 heavy (non-hydrogen) atoms. The molecule has 238 valence electrons. The van der Waals surface area contributed by atoms with Crippen LogP contribution in [0.15, 0.2) is 109 Å². The molecule has 0 aliphatic heterocycles. The Kier molecular flexibility index (Phi) is 15.3. The average Bonchev–Trinajstić information content (AvgIpc) is 3.11. The summed E-state index contributed by atoms with van der Waals surface area (Å²) in [7, 11) is 9.03. The summed E-state index contributed by atoms with van der Waals surface area (Å²) in [5, 5.41) is 8.85. The lowest BCUT2D eigenvalue weighted by molar-refractivity contribution is -0.252. The molecule has 10 heteroatoms. The fraction of sp³-hybridized carbons (Fsp3) is 0.229. The number of carbonyl (C=O) groups excluding carboxylic acids is 2. The molecule has 0 aliphatic rings. The van der Waals surface area contributed by atoms with E-state index in [0.717, 1.165) is 11.1 Å². The van der Waals surface area contributed by atoms with Gasteiger partial charge in [0.1, 0.15) is 0 Å². The first kappa shape index (κ1) is 36.5. The third-order valence-electron chi connectivity index (χ3n) is 6.38. The van der Waals surface area contributed by atoms with E-state index in [0.29, 0.717) is 16.7 Å². The molecule has 4 aromatic rings. The Bertz CT molecular complexity index is 1480. The van der Waals surface area contributed by atoms with Gasteiger partial charge >= 0.3 is 11.9 Å². The molecule has 0 bridgehead atoms.